The smallest absolute Gasteiger partial charge is 0.259 e. The number of aliphatic hydroxyl groups is 1. The van der Waals surface area contributed by atoms with Crippen LogP contribution in [0.3, 0.4) is 0 Å². The zero-order valence-electron chi connectivity index (χ0n) is 14.5. The molecule has 0 aliphatic heterocycles. The lowest BCUT2D eigenvalue weighted by Crippen LogP contribution is -2.31. The van der Waals surface area contributed by atoms with Crippen LogP contribution >= 0.6 is 0 Å². The number of aliphatic hydroxyl groups excluding tert-OH is 1. The molecule has 0 radical (unpaired) electrons. The van der Waals surface area contributed by atoms with E-state index in [-0.39, 0.29) is 23.5 Å². The Labute approximate surface area is 147 Å². The van der Waals surface area contributed by atoms with E-state index in [2.05, 4.69) is 22.4 Å². The van der Waals surface area contributed by atoms with Gasteiger partial charge in [-0.1, -0.05) is 50.2 Å². The van der Waals surface area contributed by atoms with Crippen LogP contribution < -0.4 is 10.9 Å². The van der Waals surface area contributed by atoms with Crippen LogP contribution in [0.4, 0.5) is 5.82 Å². The average molecular weight is 337 g/mol. The zero-order chi connectivity index (χ0) is 17.9. The first-order chi connectivity index (χ1) is 12.0. The molecule has 1 aromatic carbocycles. The molecule has 0 aliphatic rings. The van der Waals surface area contributed by atoms with Crippen LogP contribution in [-0.4, -0.2) is 27.6 Å². The second-order valence-electron chi connectivity index (χ2n) is 6.90. The van der Waals surface area contributed by atoms with Crippen molar-refractivity contribution in [3.05, 3.63) is 76.7 Å². The fourth-order valence-electron chi connectivity index (χ4n) is 2.99. The Kier molecular flexibility index (Phi) is 4.86. The topological polar surface area (TPSA) is 66.6 Å². The van der Waals surface area contributed by atoms with Gasteiger partial charge in [-0.3, -0.25) is 9.20 Å². The van der Waals surface area contributed by atoms with E-state index in [1.807, 2.05) is 38.1 Å². The standard InChI is InChI=1S/C20H23N3O2/c1-20(2,14-24)16(15-8-4-3-5-9-15)13-21-17-12-19(25)23-11-7-6-10-18(23)22-17/h3-12,16,21,24H,13-14H2,1-2H3. The fraction of sp³-hybridized carbons (Fsp3) is 0.300. The normalized spacial score (nSPS) is 12.9. The molecule has 0 spiro atoms. The molecule has 3 rings (SSSR count). The van der Waals surface area contributed by atoms with Gasteiger partial charge in [0.1, 0.15) is 11.5 Å². The molecule has 0 bridgehead atoms. The molecule has 0 aliphatic carbocycles. The van der Waals surface area contributed by atoms with Crippen LogP contribution in [0.2, 0.25) is 0 Å². The largest absolute Gasteiger partial charge is 0.396 e. The van der Waals surface area contributed by atoms with Crippen molar-refractivity contribution in [2.24, 2.45) is 5.41 Å². The third kappa shape index (κ3) is 3.72. The van der Waals surface area contributed by atoms with Gasteiger partial charge in [0.05, 0.1) is 0 Å². The number of fused-ring (bicyclic) bond motifs is 1. The van der Waals surface area contributed by atoms with Crippen molar-refractivity contribution in [2.45, 2.75) is 19.8 Å². The molecule has 130 valence electrons. The van der Waals surface area contributed by atoms with Gasteiger partial charge in [0.15, 0.2) is 0 Å². The van der Waals surface area contributed by atoms with Crippen LogP contribution in [0, 0.1) is 5.41 Å². The van der Waals surface area contributed by atoms with Crippen molar-refractivity contribution >= 4 is 11.5 Å². The monoisotopic (exact) mass is 337 g/mol. The highest BCUT2D eigenvalue weighted by Crippen LogP contribution is 2.35. The average Bonchev–Trinajstić information content (AvgIpc) is 2.63. The molecular weight excluding hydrogens is 314 g/mol. The van der Waals surface area contributed by atoms with E-state index >= 15 is 0 Å². The molecule has 1 atom stereocenters. The van der Waals surface area contributed by atoms with E-state index in [4.69, 9.17) is 0 Å². The predicted molar refractivity (Wildman–Crippen MR) is 100 cm³/mol. The molecule has 2 N–H and O–H groups in total. The molecule has 1 unspecified atom stereocenters. The predicted octanol–water partition coefficient (Wildman–Crippen LogP) is 2.91. The number of pyridine rings is 1. The summed E-state index contributed by atoms with van der Waals surface area (Å²) in [5.41, 5.74) is 1.33. The number of nitrogens with one attached hydrogen (secondary N) is 1. The van der Waals surface area contributed by atoms with Crippen LogP contribution in [0.1, 0.15) is 25.3 Å². The van der Waals surface area contributed by atoms with Gasteiger partial charge in [-0.15, -0.1) is 0 Å². The Hall–Kier alpha value is -2.66. The van der Waals surface area contributed by atoms with Gasteiger partial charge in [0.25, 0.3) is 5.56 Å². The Morgan fingerprint density at radius 1 is 1.16 bits per heavy atom. The highest BCUT2D eigenvalue weighted by molar-refractivity contribution is 5.46. The molecule has 0 amide bonds. The van der Waals surface area contributed by atoms with Crippen molar-refractivity contribution in [1.29, 1.82) is 0 Å². The van der Waals surface area contributed by atoms with Crippen molar-refractivity contribution < 1.29 is 5.11 Å². The first-order valence-electron chi connectivity index (χ1n) is 8.39. The van der Waals surface area contributed by atoms with Gasteiger partial charge in [0.2, 0.25) is 0 Å². The molecule has 2 heterocycles. The number of rotatable bonds is 6. The van der Waals surface area contributed by atoms with Crippen LogP contribution in [0.25, 0.3) is 5.65 Å². The first kappa shape index (κ1) is 17.2. The number of anilines is 1. The number of hydrogen-bond acceptors (Lipinski definition) is 4. The Morgan fingerprint density at radius 2 is 1.88 bits per heavy atom. The quantitative estimate of drug-likeness (QED) is 0.726. The van der Waals surface area contributed by atoms with Crippen LogP contribution in [-0.2, 0) is 0 Å². The maximum atomic E-state index is 12.2. The second-order valence-corrected chi connectivity index (χ2v) is 6.90. The van der Waals surface area contributed by atoms with Gasteiger partial charge in [-0.25, -0.2) is 4.98 Å². The summed E-state index contributed by atoms with van der Waals surface area (Å²) in [6.45, 7) is 4.72. The van der Waals surface area contributed by atoms with Crippen molar-refractivity contribution in [2.75, 3.05) is 18.5 Å². The van der Waals surface area contributed by atoms with Crippen molar-refractivity contribution in [3.63, 3.8) is 0 Å². The SMILES string of the molecule is CC(C)(CO)C(CNc1cc(=O)n2ccccc2n1)c1ccccc1. The summed E-state index contributed by atoms with van der Waals surface area (Å²) in [5, 5.41) is 13.1. The Bertz CT molecular complexity index is 903. The number of aromatic nitrogens is 2. The minimum absolute atomic E-state index is 0.0715. The van der Waals surface area contributed by atoms with E-state index < -0.39 is 0 Å². The molecule has 0 fully saturated rings. The van der Waals surface area contributed by atoms with Gasteiger partial charge in [-0.05, 0) is 23.1 Å². The number of hydrogen-bond donors (Lipinski definition) is 2. The molecule has 0 saturated carbocycles. The number of nitrogens with zero attached hydrogens (tertiary/aromatic N) is 2. The Morgan fingerprint density at radius 3 is 2.60 bits per heavy atom. The lowest BCUT2D eigenvalue weighted by atomic mass is 9.75. The summed E-state index contributed by atoms with van der Waals surface area (Å²) >= 11 is 0. The summed E-state index contributed by atoms with van der Waals surface area (Å²) in [6, 6.07) is 17.1. The summed E-state index contributed by atoms with van der Waals surface area (Å²) in [7, 11) is 0. The molecule has 5 heteroatoms. The van der Waals surface area contributed by atoms with Gasteiger partial charge in [-0.2, -0.15) is 0 Å². The van der Waals surface area contributed by atoms with Crippen LogP contribution in [0.5, 0.6) is 0 Å². The minimum Gasteiger partial charge on any atom is -0.396 e. The van der Waals surface area contributed by atoms with E-state index in [1.165, 1.54) is 10.5 Å². The summed E-state index contributed by atoms with van der Waals surface area (Å²) in [6.07, 6.45) is 1.70. The van der Waals surface area contributed by atoms with Gasteiger partial charge < -0.3 is 10.4 Å². The zero-order valence-corrected chi connectivity index (χ0v) is 14.5. The molecule has 2 aromatic heterocycles. The third-order valence-electron chi connectivity index (χ3n) is 4.61. The lowest BCUT2D eigenvalue weighted by Gasteiger charge is -2.33. The second kappa shape index (κ2) is 7.07. The van der Waals surface area contributed by atoms with E-state index in [0.29, 0.717) is 18.0 Å². The van der Waals surface area contributed by atoms with Gasteiger partial charge >= 0.3 is 0 Å². The number of benzene rings is 1. The minimum atomic E-state index is -0.305. The van der Waals surface area contributed by atoms with E-state index in [1.54, 1.807) is 18.3 Å². The van der Waals surface area contributed by atoms with Crippen molar-refractivity contribution in [3.8, 4) is 0 Å². The summed E-state index contributed by atoms with van der Waals surface area (Å²) in [4.78, 5) is 16.7. The van der Waals surface area contributed by atoms with Gasteiger partial charge in [0, 0.05) is 31.3 Å². The molecule has 25 heavy (non-hydrogen) atoms. The van der Waals surface area contributed by atoms with E-state index in [0.717, 1.165) is 5.56 Å². The highest BCUT2D eigenvalue weighted by atomic mass is 16.3. The highest BCUT2D eigenvalue weighted by Gasteiger charge is 2.30. The fourth-order valence-corrected chi connectivity index (χ4v) is 2.99. The molecule has 3 aromatic rings. The summed E-state index contributed by atoms with van der Waals surface area (Å²) in [5.74, 6) is 0.626. The van der Waals surface area contributed by atoms with Crippen molar-refractivity contribution in [1.82, 2.24) is 9.38 Å². The molecular formula is C20H23N3O2. The van der Waals surface area contributed by atoms with E-state index in [9.17, 15) is 9.90 Å². The lowest BCUT2D eigenvalue weighted by molar-refractivity contribution is 0.134. The maximum absolute atomic E-state index is 12.2. The Balaban J connectivity index is 1.88. The first-order valence-corrected chi connectivity index (χ1v) is 8.39. The van der Waals surface area contributed by atoms with Crippen LogP contribution in [0.15, 0.2) is 65.6 Å². The molecule has 5 nitrogen and oxygen atoms in total. The summed E-state index contributed by atoms with van der Waals surface area (Å²) < 4.78 is 1.51. The third-order valence-corrected chi connectivity index (χ3v) is 4.61. The molecule has 0 saturated heterocycles. The maximum Gasteiger partial charge on any atom is 0.259 e.